The van der Waals surface area contributed by atoms with Gasteiger partial charge in [0.05, 0.1) is 0 Å². The van der Waals surface area contributed by atoms with Gasteiger partial charge in [0.1, 0.15) is 0 Å². The first-order chi connectivity index (χ1) is 7.59. The molecule has 0 unspecified atom stereocenters. The molecule has 1 saturated carbocycles. The summed E-state index contributed by atoms with van der Waals surface area (Å²) < 4.78 is 0. The summed E-state index contributed by atoms with van der Waals surface area (Å²) in [5.74, 6) is 0.124. The van der Waals surface area contributed by atoms with Crippen LogP contribution in [0.15, 0.2) is 24.3 Å². The van der Waals surface area contributed by atoms with Gasteiger partial charge < -0.3 is 5.32 Å². The van der Waals surface area contributed by atoms with Crippen molar-refractivity contribution in [1.29, 1.82) is 0 Å². The van der Waals surface area contributed by atoms with Crippen molar-refractivity contribution in [3.8, 4) is 0 Å². The first kappa shape index (κ1) is 11.2. The fourth-order valence-electron chi connectivity index (χ4n) is 2.42. The van der Waals surface area contributed by atoms with Crippen LogP contribution in [-0.2, 0) is 0 Å². The van der Waals surface area contributed by atoms with E-state index in [0.29, 0.717) is 0 Å². The van der Waals surface area contributed by atoms with E-state index in [1.165, 1.54) is 25.7 Å². The van der Waals surface area contributed by atoms with Gasteiger partial charge in [0, 0.05) is 16.8 Å². The number of nitrogens with one attached hydrogen (secondary N) is 1. The van der Waals surface area contributed by atoms with E-state index in [9.17, 15) is 4.79 Å². The summed E-state index contributed by atoms with van der Waals surface area (Å²) in [5.41, 5.74) is 2.15. The Hall–Kier alpha value is -1.31. The third-order valence-corrected chi connectivity index (χ3v) is 3.44. The third-order valence-electron chi connectivity index (χ3n) is 3.44. The Morgan fingerprint density at radius 2 is 1.75 bits per heavy atom. The minimum atomic E-state index is 0.124. The summed E-state index contributed by atoms with van der Waals surface area (Å²) in [4.78, 5) is 11.1. The van der Waals surface area contributed by atoms with Crippen LogP contribution in [0.1, 0.15) is 49.9 Å². The summed E-state index contributed by atoms with van der Waals surface area (Å²) in [6, 6.07) is 7.78. The predicted molar refractivity (Wildman–Crippen MR) is 66.9 cm³/mol. The quantitative estimate of drug-likeness (QED) is 0.783. The topological polar surface area (TPSA) is 29.1 Å². The predicted octanol–water partition coefficient (Wildman–Crippen LogP) is 3.63. The van der Waals surface area contributed by atoms with E-state index < -0.39 is 0 Å². The fraction of sp³-hybridized carbons (Fsp3) is 0.500. The molecular weight excluding hydrogens is 198 g/mol. The Morgan fingerprint density at radius 3 is 2.25 bits per heavy atom. The van der Waals surface area contributed by atoms with Crippen molar-refractivity contribution in [1.82, 2.24) is 0 Å². The smallest absolute Gasteiger partial charge is 0.159 e. The molecule has 0 atom stereocenters. The average Bonchev–Trinajstić information content (AvgIpc) is 2.65. The Kier molecular flexibility index (Phi) is 2.99. The number of rotatable bonds is 3. The van der Waals surface area contributed by atoms with Crippen LogP contribution in [0.5, 0.6) is 0 Å². The number of benzene rings is 1. The first-order valence-corrected chi connectivity index (χ1v) is 5.98. The van der Waals surface area contributed by atoms with Gasteiger partial charge in [-0.1, -0.05) is 12.8 Å². The van der Waals surface area contributed by atoms with E-state index in [4.69, 9.17) is 0 Å². The van der Waals surface area contributed by atoms with Crippen LogP contribution >= 0.6 is 0 Å². The number of carbonyl (C=O) groups excluding carboxylic acids is 1. The van der Waals surface area contributed by atoms with Crippen LogP contribution in [0.2, 0.25) is 0 Å². The summed E-state index contributed by atoms with van der Waals surface area (Å²) in [7, 11) is 0. The van der Waals surface area contributed by atoms with Gasteiger partial charge in [0.2, 0.25) is 0 Å². The molecule has 0 spiro atoms. The van der Waals surface area contributed by atoms with E-state index in [-0.39, 0.29) is 11.3 Å². The van der Waals surface area contributed by atoms with Crippen LogP contribution in [-0.4, -0.2) is 11.3 Å². The molecule has 0 aliphatic heterocycles. The summed E-state index contributed by atoms with van der Waals surface area (Å²) in [6.45, 7) is 3.87. The normalized spacial score (nSPS) is 18.4. The minimum Gasteiger partial charge on any atom is -0.380 e. The molecule has 1 aliphatic carbocycles. The molecule has 0 aromatic heterocycles. The Morgan fingerprint density at radius 1 is 1.19 bits per heavy atom. The number of carbonyl (C=O) groups is 1. The Labute approximate surface area is 97.1 Å². The first-order valence-electron chi connectivity index (χ1n) is 5.98. The second-order valence-corrected chi connectivity index (χ2v) is 5.03. The zero-order valence-electron chi connectivity index (χ0n) is 10.0. The van der Waals surface area contributed by atoms with Crippen LogP contribution in [0, 0.1) is 0 Å². The number of hydrogen-bond donors (Lipinski definition) is 1. The van der Waals surface area contributed by atoms with Gasteiger partial charge in [-0.25, -0.2) is 0 Å². The maximum atomic E-state index is 11.1. The lowest BCUT2D eigenvalue weighted by Crippen LogP contribution is -2.30. The standard InChI is InChI=1S/C14H19NO/c1-11(16)12-5-7-13(8-6-12)15-14(2)9-3-4-10-14/h5-8,15H,3-4,9-10H2,1-2H3. The van der Waals surface area contributed by atoms with E-state index in [2.05, 4.69) is 12.2 Å². The lowest BCUT2D eigenvalue weighted by atomic mass is 10.00. The molecule has 0 heterocycles. The van der Waals surface area contributed by atoms with Crippen molar-refractivity contribution in [2.75, 3.05) is 5.32 Å². The molecule has 86 valence electrons. The summed E-state index contributed by atoms with van der Waals surface area (Å²) >= 11 is 0. The molecule has 0 amide bonds. The van der Waals surface area contributed by atoms with Gasteiger partial charge in [-0.2, -0.15) is 0 Å². The lowest BCUT2D eigenvalue weighted by molar-refractivity contribution is 0.101. The van der Waals surface area contributed by atoms with E-state index >= 15 is 0 Å². The molecule has 1 N–H and O–H groups in total. The zero-order valence-corrected chi connectivity index (χ0v) is 10.0. The molecule has 1 aromatic rings. The lowest BCUT2D eigenvalue weighted by Gasteiger charge is -2.26. The summed E-state index contributed by atoms with van der Waals surface area (Å²) in [5, 5.41) is 3.57. The van der Waals surface area contributed by atoms with Crippen molar-refractivity contribution in [3.63, 3.8) is 0 Å². The monoisotopic (exact) mass is 217 g/mol. The molecule has 0 radical (unpaired) electrons. The molecule has 1 fully saturated rings. The Balaban J connectivity index is 2.07. The van der Waals surface area contributed by atoms with E-state index in [1.807, 2.05) is 24.3 Å². The molecule has 1 aliphatic rings. The van der Waals surface area contributed by atoms with Gasteiger partial charge in [-0.15, -0.1) is 0 Å². The maximum absolute atomic E-state index is 11.1. The molecule has 0 bridgehead atoms. The van der Waals surface area contributed by atoms with Crippen LogP contribution in [0.25, 0.3) is 0 Å². The van der Waals surface area contributed by atoms with Gasteiger partial charge >= 0.3 is 0 Å². The molecule has 0 saturated heterocycles. The highest BCUT2D eigenvalue weighted by Gasteiger charge is 2.27. The molecule has 16 heavy (non-hydrogen) atoms. The fourth-order valence-corrected chi connectivity index (χ4v) is 2.42. The highest BCUT2D eigenvalue weighted by atomic mass is 16.1. The van der Waals surface area contributed by atoms with Crippen molar-refractivity contribution in [2.24, 2.45) is 0 Å². The van der Waals surface area contributed by atoms with Gasteiger partial charge in [0.25, 0.3) is 0 Å². The third kappa shape index (κ3) is 2.43. The maximum Gasteiger partial charge on any atom is 0.159 e. The number of Topliss-reactive ketones (excluding diaryl/α,β-unsaturated/α-hetero) is 1. The highest BCUT2D eigenvalue weighted by molar-refractivity contribution is 5.94. The van der Waals surface area contributed by atoms with Gasteiger partial charge in [0.15, 0.2) is 5.78 Å². The molecule has 2 heteroatoms. The van der Waals surface area contributed by atoms with Gasteiger partial charge in [-0.3, -0.25) is 4.79 Å². The number of hydrogen-bond acceptors (Lipinski definition) is 2. The SMILES string of the molecule is CC(=O)c1ccc(NC2(C)CCCC2)cc1. The minimum absolute atomic E-state index is 0.124. The second kappa shape index (κ2) is 4.28. The highest BCUT2D eigenvalue weighted by Crippen LogP contribution is 2.32. The van der Waals surface area contributed by atoms with Crippen LogP contribution in [0.3, 0.4) is 0 Å². The number of ketones is 1. The van der Waals surface area contributed by atoms with E-state index in [1.54, 1.807) is 6.92 Å². The molecular formula is C14H19NO. The van der Waals surface area contributed by atoms with Crippen LogP contribution in [0.4, 0.5) is 5.69 Å². The van der Waals surface area contributed by atoms with Crippen molar-refractivity contribution >= 4 is 11.5 Å². The van der Waals surface area contributed by atoms with Crippen LogP contribution < -0.4 is 5.32 Å². The second-order valence-electron chi connectivity index (χ2n) is 5.03. The zero-order chi connectivity index (χ0) is 11.6. The molecule has 2 nitrogen and oxygen atoms in total. The van der Waals surface area contributed by atoms with Crippen molar-refractivity contribution in [2.45, 2.75) is 45.1 Å². The summed E-state index contributed by atoms with van der Waals surface area (Å²) in [6.07, 6.45) is 5.10. The number of anilines is 1. The largest absolute Gasteiger partial charge is 0.380 e. The average molecular weight is 217 g/mol. The Bertz CT molecular complexity index is 374. The van der Waals surface area contributed by atoms with E-state index in [0.717, 1.165) is 11.3 Å². The molecule has 2 rings (SSSR count). The van der Waals surface area contributed by atoms with Crippen molar-refractivity contribution in [3.05, 3.63) is 29.8 Å². The van der Waals surface area contributed by atoms with Gasteiger partial charge in [-0.05, 0) is 51.0 Å². The van der Waals surface area contributed by atoms with Crippen molar-refractivity contribution < 1.29 is 4.79 Å². The molecule has 1 aromatic carbocycles.